The number of nitrogens with one attached hydrogen (secondary N) is 1. The van der Waals surface area contributed by atoms with Crippen LogP contribution in [0.5, 0.6) is 0 Å². The Kier molecular flexibility index (Phi) is 6.76. The van der Waals surface area contributed by atoms with E-state index in [2.05, 4.69) is 10.5 Å². The van der Waals surface area contributed by atoms with E-state index in [0.29, 0.717) is 17.3 Å². The summed E-state index contributed by atoms with van der Waals surface area (Å²) in [6.07, 6.45) is 0.768. The second kappa shape index (κ2) is 8.82. The molecule has 118 valence electrons. The molecule has 0 fully saturated rings. The smallest absolute Gasteiger partial charge is 0.289 e. The Morgan fingerprint density at radius 3 is 3.00 bits per heavy atom. The standard InChI is InChI=1S/C15H17ClN2O3S/c16-12-4-1-3-11(9-12)13-10-14(21-18-13)15(20)17-5-8-22-7-2-6-19/h1,3-4,9-10,19H,2,5-8H2,(H,17,20). The second-order valence-corrected chi connectivity index (χ2v) is 6.19. The van der Waals surface area contributed by atoms with Crippen molar-refractivity contribution >= 4 is 29.3 Å². The van der Waals surface area contributed by atoms with Gasteiger partial charge in [-0.05, 0) is 24.3 Å². The number of benzene rings is 1. The number of hydrogen-bond acceptors (Lipinski definition) is 5. The van der Waals surface area contributed by atoms with Crippen molar-refractivity contribution in [1.82, 2.24) is 10.5 Å². The summed E-state index contributed by atoms with van der Waals surface area (Å²) < 4.78 is 5.07. The summed E-state index contributed by atoms with van der Waals surface area (Å²) in [5, 5.41) is 15.9. The van der Waals surface area contributed by atoms with Gasteiger partial charge >= 0.3 is 0 Å². The fourth-order valence-corrected chi connectivity index (χ4v) is 2.73. The maximum absolute atomic E-state index is 11.9. The Morgan fingerprint density at radius 1 is 1.36 bits per heavy atom. The predicted molar refractivity (Wildman–Crippen MR) is 88.3 cm³/mol. The van der Waals surface area contributed by atoms with E-state index in [-0.39, 0.29) is 18.3 Å². The number of hydrogen-bond donors (Lipinski definition) is 2. The summed E-state index contributed by atoms with van der Waals surface area (Å²) in [6, 6.07) is 8.80. The van der Waals surface area contributed by atoms with Crippen LogP contribution in [0.25, 0.3) is 11.3 Å². The van der Waals surface area contributed by atoms with Gasteiger partial charge in [0.15, 0.2) is 0 Å². The number of amides is 1. The third-order valence-electron chi connectivity index (χ3n) is 2.83. The fraction of sp³-hybridized carbons (Fsp3) is 0.333. The highest BCUT2D eigenvalue weighted by atomic mass is 35.5. The summed E-state index contributed by atoms with van der Waals surface area (Å²) in [5.74, 6) is 1.56. The lowest BCUT2D eigenvalue weighted by Gasteiger charge is -2.02. The molecule has 0 radical (unpaired) electrons. The molecule has 0 spiro atoms. The summed E-state index contributed by atoms with van der Waals surface area (Å²) >= 11 is 7.61. The highest BCUT2D eigenvalue weighted by Gasteiger charge is 2.13. The lowest BCUT2D eigenvalue weighted by molar-refractivity contribution is 0.0919. The molecule has 0 aliphatic carbocycles. The first-order valence-corrected chi connectivity index (χ1v) is 8.43. The molecule has 1 aromatic heterocycles. The average molecular weight is 341 g/mol. The van der Waals surface area contributed by atoms with Gasteiger partial charge in [-0.25, -0.2) is 0 Å². The van der Waals surface area contributed by atoms with Gasteiger partial charge in [-0.15, -0.1) is 0 Å². The molecular formula is C15H17ClN2O3S. The van der Waals surface area contributed by atoms with Gasteiger partial charge in [0, 0.05) is 35.6 Å². The van der Waals surface area contributed by atoms with Crippen molar-refractivity contribution in [2.45, 2.75) is 6.42 Å². The average Bonchev–Trinajstić information content (AvgIpc) is 3.00. The minimum absolute atomic E-state index is 0.176. The number of aromatic nitrogens is 1. The van der Waals surface area contributed by atoms with Crippen LogP contribution in [-0.4, -0.2) is 40.8 Å². The Morgan fingerprint density at radius 2 is 2.23 bits per heavy atom. The van der Waals surface area contributed by atoms with E-state index in [1.165, 1.54) is 0 Å². The summed E-state index contributed by atoms with van der Waals surface area (Å²) in [6.45, 7) is 0.742. The van der Waals surface area contributed by atoms with Gasteiger partial charge in [-0.2, -0.15) is 11.8 Å². The van der Waals surface area contributed by atoms with Crippen LogP contribution in [0.2, 0.25) is 5.02 Å². The molecule has 1 aromatic carbocycles. The number of thioether (sulfide) groups is 1. The molecule has 0 saturated carbocycles. The van der Waals surface area contributed by atoms with Crippen LogP contribution in [0, 0.1) is 0 Å². The molecule has 1 amide bonds. The van der Waals surface area contributed by atoms with Crippen molar-refractivity contribution in [2.24, 2.45) is 0 Å². The Balaban J connectivity index is 1.84. The molecule has 2 rings (SSSR count). The topological polar surface area (TPSA) is 75.4 Å². The van der Waals surface area contributed by atoms with Gasteiger partial charge in [-0.1, -0.05) is 28.9 Å². The minimum atomic E-state index is -0.288. The Labute approximate surface area is 138 Å². The first-order valence-electron chi connectivity index (χ1n) is 6.90. The van der Waals surface area contributed by atoms with Gasteiger partial charge in [0.1, 0.15) is 5.69 Å². The van der Waals surface area contributed by atoms with Crippen molar-refractivity contribution in [2.75, 3.05) is 24.7 Å². The Hall–Kier alpha value is -1.50. The summed E-state index contributed by atoms with van der Waals surface area (Å²) in [7, 11) is 0. The lowest BCUT2D eigenvalue weighted by atomic mass is 10.1. The van der Waals surface area contributed by atoms with E-state index in [1.54, 1.807) is 30.0 Å². The third kappa shape index (κ3) is 5.05. The number of nitrogens with zero attached hydrogens (tertiary/aromatic N) is 1. The molecule has 22 heavy (non-hydrogen) atoms. The zero-order chi connectivity index (χ0) is 15.8. The van der Waals surface area contributed by atoms with Crippen LogP contribution in [0.3, 0.4) is 0 Å². The van der Waals surface area contributed by atoms with Crippen LogP contribution in [0.15, 0.2) is 34.9 Å². The number of aliphatic hydroxyl groups excluding tert-OH is 1. The third-order valence-corrected chi connectivity index (χ3v) is 4.14. The monoisotopic (exact) mass is 340 g/mol. The van der Waals surface area contributed by atoms with Crippen molar-refractivity contribution in [3.05, 3.63) is 41.1 Å². The van der Waals surface area contributed by atoms with E-state index < -0.39 is 0 Å². The van der Waals surface area contributed by atoms with Gasteiger partial charge in [0.2, 0.25) is 5.76 Å². The maximum atomic E-state index is 11.9. The van der Waals surface area contributed by atoms with Crippen LogP contribution >= 0.6 is 23.4 Å². The van der Waals surface area contributed by atoms with Crippen LogP contribution in [-0.2, 0) is 0 Å². The maximum Gasteiger partial charge on any atom is 0.289 e. The zero-order valence-corrected chi connectivity index (χ0v) is 13.5. The molecule has 7 heteroatoms. The number of carbonyl (C=O) groups is 1. The predicted octanol–water partition coefficient (Wildman–Crippen LogP) is 2.84. The summed E-state index contributed by atoms with van der Waals surface area (Å²) in [5.41, 5.74) is 1.37. The highest BCUT2D eigenvalue weighted by molar-refractivity contribution is 7.99. The van der Waals surface area contributed by atoms with Crippen LogP contribution in [0.4, 0.5) is 0 Å². The van der Waals surface area contributed by atoms with E-state index >= 15 is 0 Å². The highest BCUT2D eigenvalue weighted by Crippen LogP contribution is 2.22. The molecule has 2 aromatic rings. The van der Waals surface area contributed by atoms with E-state index in [0.717, 1.165) is 23.5 Å². The molecule has 5 nitrogen and oxygen atoms in total. The molecule has 2 N–H and O–H groups in total. The molecule has 0 aliphatic rings. The quantitative estimate of drug-likeness (QED) is 0.723. The molecule has 1 heterocycles. The largest absolute Gasteiger partial charge is 0.396 e. The first kappa shape index (κ1) is 16.9. The second-order valence-electron chi connectivity index (χ2n) is 4.53. The Bertz CT molecular complexity index is 618. The fourth-order valence-electron chi connectivity index (χ4n) is 1.76. The SMILES string of the molecule is O=C(NCCSCCCO)c1cc(-c2cccc(Cl)c2)no1. The molecular weight excluding hydrogens is 324 g/mol. The van der Waals surface area contributed by atoms with Crippen LogP contribution in [0.1, 0.15) is 17.0 Å². The van der Waals surface area contributed by atoms with Crippen molar-refractivity contribution in [3.63, 3.8) is 0 Å². The zero-order valence-electron chi connectivity index (χ0n) is 11.9. The number of aliphatic hydroxyl groups is 1. The molecule has 0 aliphatic heterocycles. The number of halogens is 1. The van der Waals surface area contributed by atoms with E-state index in [9.17, 15) is 4.79 Å². The first-order chi connectivity index (χ1) is 10.7. The lowest BCUT2D eigenvalue weighted by Crippen LogP contribution is -2.25. The van der Waals surface area contributed by atoms with Gasteiger partial charge < -0.3 is 14.9 Å². The molecule has 0 bridgehead atoms. The normalized spacial score (nSPS) is 10.6. The van der Waals surface area contributed by atoms with Crippen molar-refractivity contribution in [3.8, 4) is 11.3 Å². The molecule has 0 saturated heterocycles. The van der Waals surface area contributed by atoms with Crippen molar-refractivity contribution < 1.29 is 14.4 Å². The minimum Gasteiger partial charge on any atom is -0.396 e. The summed E-state index contributed by atoms with van der Waals surface area (Å²) in [4.78, 5) is 11.9. The van der Waals surface area contributed by atoms with Gasteiger partial charge in [0.25, 0.3) is 5.91 Å². The van der Waals surface area contributed by atoms with E-state index in [1.807, 2.05) is 12.1 Å². The molecule has 0 atom stereocenters. The number of carbonyl (C=O) groups excluding carboxylic acids is 1. The van der Waals surface area contributed by atoms with E-state index in [4.69, 9.17) is 21.2 Å². The van der Waals surface area contributed by atoms with Crippen LogP contribution < -0.4 is 5.32 Å². The van der Waals surface area contributed by atoms with Crippen molar-refractivity contribution in [1.29, 1.82) is 0 Å². The molecule has 0 unspecified atom stereocenters. The number of rotatable bonds is 8. The van der Waals surface area contributed by atoms with Gasteiger partial charge in [0.05, 0.1) is 0 Å². The van der Waals surface area contributed by atoms with Gasteiger partial charge in [-0.3, -0.25) is 4.79 Å².